The lowest BCUT2D eigenvalue weighted by atomic mass is 10.0. The van der Waals surface area contributed by atoms with Crippen LogP contribution in [0.3, 0.4) is 0 Å². The van der Waals surface area contributed by atoms with E-state index in [1.165, 1.54) is 12.1 Å². The SMILES string of the molecule is CN1CCN(c2ccc(C(=O)N=C(N)c3cc(Cc4cc(F)cc(F)c4)ccc3N)c(NCCO)c2)CC1. The largest absolute Gasteiger partial charge is 0.398 e. The number of nitrogen functional groups attached to an aromatic ring is 1. The molecule has 3 aromatic rings. The molecule has 200 valence electrons. The maximum Gasteiger partial charge on any atom is 0.281 e. The molecular formula is C28H32F2N6O2. The van der Waals surface area contributed by atoms with E-state index in [1.807, 2.05) is 12.1 Å². The number of halogens is 2. The fourth-order valence-electron chi connectivity index (χ4n) is 4.43. The lowest BCUT2D eigenvalue weighted by molar-refractivity contribution is 0.100. The lowest BCUT2D eigenvalue weighted by Crippen LogP contribution is -2.44. The molecule has 0 unspecified atom stereocenters. The fourth-order valence-corrected chi connectivity index (χ4v) is 4.43. The van der Waals surface area contributed by atoms with Crippen LogP contribution in [0, 0.1) is 11.6 Å². The molecule has 3 aromatic carbocycles. The standard InChI is InChI=1S/C28H32F2N6O2/c1-35-7-9-36(10-8-35)22-3-4-23(26(17-22)33-6-11-37)28(38)34-27(32)24-15-18(2-5-25(24)31)12-19-13-20(29)16-21(30)14-19/h2-5,13-17,33,37H,6-12,31H2,1H3,(H2,32,34,38). The number of benzene rings is 3. The number of anilines is 3. The molecule has 1 saturated heterocycles. The van der Waals surface area contributed by atoms with E-state index in [1.54, 1.807) is 24.3 Å². The average Bonchev–Trinajstić information content (AvgIpc) is 2.88. The molecule has 1 heterocycles. The molecule has 0 spiro atoms. The van der Waals surface area contributed by atoms with Gasteiger partial charge in [-0.3, -0.25) is 4.79 Å². The zero-order valence-corrected chi connectivity index (χ0v) is 21.3. The number of amides is 1. The van der Waals surface area contributed by atoms with E-state index in [9.17, 15) is 18.7 Å². The molecule has 1 aliphatic heterocycles. The number of aliphatic hydroxyl groups is 1. The number of hydrogen-bond donors (Lipinski definition) is 4. The summed E-state index contributed by atoms with van der Waals surface area (Å²) < 4.78 is 27.2. The normalized spacial score (nSPS) is 14.5. The smallest absolute Gasteiger partial charge is 0.281 e. The number of nitrogens with zero attached hydrogens (tertiary/aromatic N) is 3. The molecule has 0 aromatic heterocycles. The highest BCUT2D eigenvalue weighted by Crippen LogP contribution is 2.26. The molecule has 0 atom stereocenters. The van der Waals surface area contributed by atoms with Crippen molar-refractivity contribution in [2.45, 2.75) is 6.42 Å². The molecule has 1 amide bonds. The van der Waals surface area contributed by atoms with E-state index in [2.05, 4.69) is 27.2 Å². The number of likely N-dealkylation sites (N-methyl/N-ethyl adjacent to an activating group) is 1. The van der Waals surface area contributed by atoms with Gasteiger partial charge in [-0.05, 0) is 67.1 Å². The number of carbonyl (C=O) groups excluding carboxylic acids is 1. The van der Waals surface area contributed by atoms with Gasteiger partial charge in [-0.2, -0.15) is 4.99 Å². The summed E-state index contributed by atoms with van der Waals surface area (Å²) in [5, 5.41) is 12.4. The molecule has 1 aliphatic rings. The Bertz CT molecular complexity index is 1320. The minimum absolute atomic E-state index is 0.0731. The number of rotatable bonds is 8. The van der Waals surface area contributed by atoms with Crippen LogP contribution in [0.15, 0.2) is 59.6 Å². The average molecular weight is 523 g/mol. The van der Waals surface area contributed by atoms with E-state index >= 15 is 0 Å². The van der Waals surface area contributed by atoms with Gasteiger partial charge in [0.1, 0.15) is 17.5 Å². The van der Waals surface area contributed by atoms with Crippen LogP contribution in [-0.2, 0) is 6.42 Å². The predicted molar refractivity (Wildman–Crippen MR) is 147 cm³/mol. The number of aliphatic imine (C=N–C) groups is 1. The van der Waals surface area contributed by atoms with Crippen molar-refractivity contribution in [3.8, 4) is 0 Å². The topological polar surface area (TPSA) is 120 Å². The van der Waals surface area contributed by atoms with E-state index in [-0.39, 0.29) is 25.4 Å². The van der Waals surface area contributed by atoms with Crippen molar-refractivity contribution in [2.24, 2.45) is 10.7 Å². The predicted octanol–water partition coefficient (Wildman–Crippen LogP) is 2.84. The Morgan fingerprint density at radius 3 is 2.37 bits per heavy atom. The summed E-state index contributed by atoms with van der Waals surface area (Å²) in [5.74, 6) is -1.96. The van der Waals surface area contributed by atoms with Crippen LogP contribution in [0.4, 0.5) is 25.8 Å². The molecule has 4 rings (SSSR count). The van der Waals surface area contributed by atoms with Gasteiger partial charge in [0.2, 0.25) is 0 Å². The second-order valence-corrected chi connectivity index (χ2v) is 9.35. The van der Waals surface area contributed by atoms with Crippen LogP contribution >= 0.6 is 0 Å². The third-order valence-corrected chi connectivity index (χ3v) is 6.48. The van der Waals surface area contributed by atoms with Crippen LogP contribution in [0.25, 0.3) is 0 Å². The van der Waals surface area contributed by atoms with E-state index < -0.39 is 17.5 Å². The highest BCUT2D eigenvalue weighted by Gasteiger charge is 2.18. The Morgan fingerprint density at radius 2 is 1.68 bits per heavy atom. The molecule has 1 fully saturated rings. The Labute approximate surface area is 220 Å². The van der Waals surface area contributed by atoms with Gasteiger partial charge >= 0.3 is 0 Å². The maximum absolute atomic E-state index is 13.6. The number of nitrogens with one attached hydrogen (secondary N) is 1. The van der Waals surface area contributed by atoms with Gasteiger partial charge in [-0.1, -0.05) is 6.07 Å². The fraction of sp³-hybridized carbons (Fsp3) is 0.286. The van der Waals surface area contributed by atoms with Crippen molar-refractivity contribution in [1.82, 2.24) is 4.90 Å². The van der Waals surface area contributed by atoms with E-state index in [4.69, 9.17) is 11.5 Å². The highest BCUT2D eigenvalue weighted by atomic mass is 19.1. The summed E-state index contributed by atoms with van der Waals surface area (Å²) in [7, 11) is 2.08. The van der Waals surface area contributed by atoms with Crippen LogP contribution in [0.2, 0.25) is 0 Å². The van der Waals surface area contributed by atoms with Crippen molar-refractivity contribution in [2.75, 3.05) is 62.3 Å². The summed E-state index contributed by atoms with van der Waals surface area (Å²) in [6, 6.07) is 13.8. The summed E-state index contributed by atoms with van der Waals surface area (Å²) in [4.78, 5) is 21.8. The van der Waals surface area contributed by atoms with Crippen molar-refractivity contribution < 1.29 is 18.7 Å². The Balaban J connectivity index is 1.59. The van der Waals surface area contributed by atoms with Crippen molar-refractivity contribution in [1.29, 1.82) is 0 Å². The maximum atomic E-state index is 13.6. The van der Waals surface area contributed by atoms with Crippen LogP contribution < -0.4 is 21.7 Å². The second kappa shape index (κ2) is 12.0. The quantitative estimate of drug-likeness (QED) is 0.204. The summed E-state index contributed by atoms with van der Waals surface area (Å²) in [5.41, 5.74) is 16.0. The van der Waals surface area contributed by atoms with Crippen LogP contribution in [0.1, 0.15) is 27.0 Å². The van der Waals surface area contributed by atoms with Gasteiger partial charge in [-0.25, -0.2) is 8.78 Å². The first kappa shape index (κ1) is 27.0. The molecule has 0 aliphatic carbocycles. The molecule has 6 N–H and O–H groups in total. The Hall–Kier alpha value is -4.02. The summed E-state index contributed by atoms with van der Waals surface area (Å²) in [6.07, 6.45) is 0.242. The van der Waals surface area contributed by atoms with Gasteiger partial charge < -0.3 is 31.7 Å². The summed E-state index contributed by atoms with van der Waals surface area (Å²) >= 11 is 0. The first-order chi connectivity index (χ1) is 18.2. The minimum Gasteiger partial charge on any atom is -0.398 e. The second-order valence-electron chi connectivity index (χ2n) is 9.35. The van der Waals surface area contributed by atoms with Crippen LogP contribution in [0.5, 0.6) is 0 Å². The first-order valence-corrected chi connectivity index (χ1v) is 12.4. The Morgan fingerprint density at radius 1 is 0.974 bits per heavy atom. The third-order valence-electron chi connectivity index (χ3n) is 6.48. The zero-order valence-electron chi connectivity index (χ0n) is 21.3. The van der Waals surface area contributed by atoms with Gasteiger partial charge in [0.25, 0.3) is 5.91 Å². The van der Waals surface area contributed by atoms with Gasteiger partial charge in [0, 0.05) is 61.4 Å². The lowest BCUT2D eigenvalue weighted by Gasteiger charge is -2.34. The van der Waals surface area contributed by atoms with Crippen molar-refractivity contribution in [3.05, 3.63) is 88.5 Å². The molecule has 38 heavy (non-hydrogen) atoms. The highest BCUT2D eigenvalue weighted by molar-refractivity contribution is 6.12. The number of hydrogen-bond acceptors (Lipinski definition) is 6. The van der Waals surface area contributed by atoms with Crippen molar-refractivity contribution in [3.63, 3.8) is 0 Å². The number of nitrogens with two attached hydrogens (primary N) is 2. The van der Waals surface area contributed by atoms with Gasteiger partial charge in [0.05, 0.1) is 12.2 Å². The van der Waals surface area contributed by atoms with E-state index in [0.29, 0.717) is 33.6 Å². The number of piperazine rings is 1. The first-order valence-electron chi connectivity index (χ1n) is 12.4. The molecular weight excluding hydrogens is 490 g/mol. The minimum atomic E-state index is -0.661. The molecule has 0 saturated carbocycles. The van der Waals surface area contributed by atoms with Crippen molar-refractivity contribution >= 4 is 28.8 Å². The molecule has 0 radical (unpaired) electrons. The number of carbonyl (C=O) groups is 1. The Kier molecular flexibility index (Phi) is 8.55. The van der Waals surface area contributed by atoms with Gasteiger partial charge in [0.15, 0.2) is 0 Å². The van der Waals surface area contributed by atoms with E-state index in [0.717, 1.165) is 37.9 Å². The monoisotopic (exact) mass is 522 g/mol. The number of amidine groups is 1. The molecule has 0 bridgehead atoms. The molecule has 10 heteroatoms. The van der Waals surface area contributed by atoms with Crippen LogP contribution in [-0.4, -0.2) is 68.1 Å². The third kappa shape index (κ3) is 6.64. The molecule has 8 nitrogen and oxygen atoms in total. The summed E-state index contributed by atoms with van der Waals surface area (Å²) in [6.45, 7) is 3.78. The zero-order chi connectivity index (χ0) is 27.2. The number of aliphatic hydroxyl groups excluding tert-OH is 1. The van der Waals surface area contributed by atoms with Gasteiger partial charge in [-0.15, -0.1) is 0 Å².